The molecule has 0 radical (unpaired) electrons. The monoisotopic (exact) mass is 371 g/mol. The van der Waals surface area contributed by atoms with Crippen LogP contribution < -0.4 is 9.64 Å². The number of hydrogen-bond acceptors (Lipinski definition) is 7. The first-order valence-electron chi connectivity index (χ1n) is 8.86. The lowest BCUT2D eigenvalue weighted by Crippen LogP contribution is -2.33. The average Bonchev–Trinajstić information content (AvgIpc) is 3.09. The minimum atomic E-state index is 0.293. The molecule has 138 valence electrons. The first-order valence-corrected chi connectivity index (χ1v) is 9.67. The highest BCUT2D eigenvalue weighted by Gasteiger charge is 2.13. The number of hydrogen-bond donors (Lipinski definition) is 0. The number of nitriles is 1. The summed E-state index contributed by atoms with van der Waals surface area (Å²) in [7, 11) is 1.48. The summed E-state index contributed by atoms with van der Waals surface area (Å²) in [5.41, 5.74) is 1.95. The number of thiazole rings is 1. The van der Waals surface area contributed by atoms with Crippen molar-refractivity contribution in [3.8, 4) is 11.9 Å². The van der Waals surface area contributed by atoms with Crippen LogP contribution in [0.5, 0.6) is 5.88 Å². The van der Waals surface area contributed by atoms with Gasteiger partial charge in [-0.2, -0.15) is 10.2 Å². The van der Waals surface area contributed by atoms with E-state index in [1.54, 1.807) is 0 Å². The lowest BCUT2D eigenvalue weighted by Gasteiger charge is -2.30. The highest BCUT2D eigenvalue weighted by atomic mass is 32.1. The Bertz CT molecular complexity index is 763. The molecule has 0 spiro atoms. The van der Waals surface area contributed by atoms with Gasteiger partial charge in [0.15, 0.2) is 4.88 Å². The molecule has 7 heteroatoms. The van der Waals surface area contributed by atoms with Crippen molar-refractivity contribution in [2.24, 2.45) is 10.2 Å². The van der Waals surface area contributed by atoms with Crippen LogP contribution in [0.3, 0.4) is 0 Å². The van der Waals surface area contributed by atoms with Crippen molar-refractivity contribution < 1.29 is 4.74 Å². The quantitative estimate of drug-likeness (QED) is 0.519. The minimum absolute atomic E-state index is 0.293. The molecule has 26 heavy (non-hydrogen) atoms. The molecule has 0 aliphatic rings. The first kappa shape index (κ1) is 19.9. The molecular weight excluding hydrogens is 346 g/mol. The third kappa shape index (κ3) is 5.02. The predicted molar refractivity (Wildman–Crippen MR) is 106 cm³/mol. The normalized spacial score (nSPS) is 12.1. The van der Waals surface area contributed by atoms with Crippen LogP contribution in [-0.4, -0.2) is 24.7 Å². The zero-order valence-corrected chi connectivity index (χ0v) is 16.6. The van der Waals surface area contributed by atoms with Gasteiger partial charge >= 0.3 is 0 Å². The van der Waals surface area contributed by atoms with Gasteiger partial charge in [0.25, 0.3) is 0 Å². The van der Waals surface area contributed by atoms with E-state index in [0.717, 1.165) is 30.0 Å². The van der Waals surface area contributed by atoms with Crippen molar-refractivity contribution in [3.05, 3.63) is 29.1 Å². The maximum Gasteiger partial charge on any atom is 0.244 e. The van der Waals surface area contributed by atoms with Crippen molar-refractivity contribution in [1.82, 2.24) is 4.98 Å². The van der Waals surface area contributed by atoms with Crippen molar-refractivity contribution in [2.45, 2.75) is 46.1 Å². The largest absolute Gasteiger partial charge is 0.479 e. The number of unbranched alkanes of at least 4 members (excludes halogenated alkanes) is 1. The van der Waals surface area contributed by atoms with Gasteiger partial charge in [-0.25, -0.2) is 0 Å². The molecule has 2 rings (SSSR count). The second-order valence-electron chi connectivity index (χ2n) is 5.97. The molecule has 2 aromatic rings. The van der Waals surface area contributed by atoms with E-state index < -0.39 is 0 Å². The molecule has 1 heterocycles. The average molecular weight is 372 g/mol. The van der Waals surface area contributed by atoms with E-state index in [1.807, 2.05) is 18.2 Å². The zero-order chi connectivity index (χ0) is 18.9. The highest BCUT2D eigenvalue weighted by molar-refractivity contribution is 7.16. The summed E-state index contributed by atoms with van der Waals surface area (Å²) < 4.78 is 5.05. The summed E-state index contributed by atoms with van der Waals surface area (Å²) >= 11 is 1.16. The Balaban J connectivity index is 2.13. The number of methoxy groups -OCH3 is 1. The van der Waals surface area contributed by atoms with Crippen molar-refractivity contribution in [2.75, 3.05) is 18.6 Å². The number of azo groups is 1. The number of rotatable bonds is 9. The summed E-state index contributed by atoms with van der Waals surface area (Å²) in [6.45, 7) is 7.74. The van der Waals surface area contributed by atoms with Gasteiger partial charge in [0.2, 0.25) is 11.0 Å². The lowest BCUT2D eigenvalue weighted by atomic mass is 10.1. The second kappa shape index (κ2) is 9.88. The molecule has 6 nitrogen and oxygen atoms in total. The van der Waals surface area contributed by atoms with Crippen molar-refractivity contribution >= 4 is 27.8 Å². The van der Waals surface area contributed by atoms with Gasteiger partial charge in [-0.1, -0.05) is 31.6 Å². The molecule has 0 saturated carbocycles. The van der Waals surface area contributed by atoms with Crippen LogP contribution in [0.1, 0.15) is 44.9 Å². The van der Waals surface area contributed by atoms with E-state index in [1.165, 1.54) is 25.6 Å². The maximum atomic E-state index is 9.02. The fourth-order valence-corrected chi connectivity index (χ4v) is 3.17. The number of ether oxygens (including phenoxy) is 1. The van der Waals surface area contributed by atoms with Crippen LogP contribution in [0.2, 0.25) is 0 Å². The van der Waals surface area contributed by atoms with E-state index in [4.69, 9.17) is 10.00 Å². The maximum absolute atomic E-state index is 9.02. The van der Waals surface area contributed by atoms with E-state index in [2.05, 4.69) is 53.0 Å². The standard InChI is InChI=1S/C19H25N5OS/c1-5-7-12-24(14(3)6-2)16-10-8-15(9-11-16)22-23-19-21-18(25-4)17(13-20)26-19/h8-11,14H,5-7,12H2,1-4H3. The third-order valence-electron chi connectivity index (χ3n) is 4.19. The molecule has 1 unspecified atom stereocenters. The van der Waals surface area contributed by atoms with Crippen LogP contribution in [0, 0.1) is 11.3 Å². The van der Waals surface area contributed by atoms with Crippen molar-refractivity contribution in [3.63, 3.8) is 0 Å². The van der Waals surface area contributed by atoms with E-state index in [-0.39, 0.29) is 0 Å². The van der Waals surface area contributed by atoms with Gasteiger partial charge in [0.1, 0.15) is 6.07 Å². The molecule has 0 N–H and O–H groups in total. The van der Waals surface area contributed by atoms with Gasteiger partial charge in [-0.05, 0) is 44.0 Å². The topological polar surface area (TPSA) is 73.9 Å². The Morgan fingerprint density at radius 1 is 1.27 bits per heavy atom. The zero-order valence-electron chi connectivity index (χ0n) is 15.8. The van der Waals surface area contributed by atoms with Crippen LogP contribution in [0.4, 0.5) is 16.5 Å². The van der Waals surface area contributed by atoms with Gasteiger partial charge in [-0.3, -0.25) is 0 Å². The number of nitrogens with zero attached hydrogens (tertiary/aromatic N) is 5. The molecule has 0 bridgehead atoms. The molecule has 0 aliphatic heterocycles. The summed E-state index contributed by atoms with van der Waals surface area (Å²) in [4.78, 5) is 6.97. The summed E-state index contributed by atoms with van der Waals surface area (Å²) in [6, 6.07) is 10.6. The Labute approximate surface area is 159 Å². The second-order valence-corrected chi connectivity index (χ2v) is 6.94. The predicted octanol–water partition coefficient (Wildman–Crippen LogP) is 5.84. The van der Waals surface area contributed by atoms with E-state index >= 15 is 0 Å². The summed E-state index contributed by atoms with van der Waals surface area (Å²) in [5, 5.41) is 17.8. The van der Waals surface area contributed by atoms with Crippen LogP contribution in [-0.2, 0) is 0 Å². The Kier molecular flexibility index (Phi) is 7.54. The molecule has 1 atom stereocenters. The molecular formula is C19H25N5OS. The Morgan fingerprint density at radius 2 is 2.00 bits per heavy atom. The molecule has 1 aromatic carbocycles. The number of benzene rings is 1. The van der Waals surface area contributed by atoms with Gasteiger partial charge in [0.05, 0.1) is 12.8 Å². The number of aromatic nitrogens is 1. The summed E-state index contributed by atoms with van der Waals surface area (Å²) in [6.07, 6.45) is 3.47. The van der Waals surface area contributed by atoms with Crippen LogP contribution >= 0.6 is 11.3 Å². The number of anilines is 1. The Hall–Kier alpha value is -2.46. The fourth-order valence-electron chi connectivity index (χ4n) is 2.51. The summed E-state index contributed by atoms with van der Waals surface area (Å²) in [5.74, 6) is 0.293. The molecule has 0 saturated heterocycles. The molecule has 0 aliphatic carbocycles. The third-order valence-corrected chi connectivity index (χ3v) is 5.01. The minimum Gasteiger partial charge on any atom is -0.479 e. The van der Waals surface area contributed by atoms with Gasteiger partial charge in [-0.15, -0.1) is 10.2 Å². The van der Waals surface area contributed by atoms with Gasteiger partial charge in [0, 0.05) is 18.3 Å². The van der Waals surface area contributed by atoms with Crippen LogP contribution in [0.15, 0.2) is 34.5 Å². The first-order chi connectivity index (χ1) is 12.6. The fraction of sp³-hybridized carbons (Fsp3) is 0.474. The Morgan fingerprint density at radius 3 is 2.54 bits per heavy atom. The molecule has 0 amide bonds. The van der Waals surface area contributed by atoms with E-state index in [0.29, 0.717) is 21.9 Å². The smallest absolute Gasteiger partial charge is 0.244 e. The van der Waals surface area contributed by atoms with Crippen molar-refractivity contribution in [1.29, 1.82) is 5.26 Å². The highest BCUT2D eigenvalue weighted by Crippen LogP contribution is 2.31. The van der Waals surface area contributed by atoms with Crippen LogP contribution in [0.25, 0.3) is 0 Å². The lowest BCUT2D eigenvalue weighted by molar-refractivity contribution is 0.400. The molecule has 0 fully saturated rings. The SMILES string of the molecule is CCCCN(c1ccc(N=Nc2nc(OC)c(C#N)s2)cc1)C(C)CC. The molecule has 1 aromatic heterocycles. The van der Waals surface area contributed by atoms with E-state index in [9.17, 15) is 0 Å². The van der Waals surface area contributed by atoms with Gasteiger partial charge < -0.3 is 9.64 Å².